The molecule has 0 aromatic rings. The van der Waals surface area contributed by atoms with Gasteiger partial charge in [-0.2, -0.15) is 0 Å². The van der Waals surface area contributed by atoms with E-state index in [9.17, 15) is 19.2 Å². The van der Waals surface area contributed by atoms with Crippen LogP contribution in [0, 0.1) is 0 Å². The minimum atomic E-state index is -0.298. The summed E-state index contributed by atoms with van der Waals surface area (Å²) in [6.45, 7) is 2.32. The Hall–Kier alpha value is -2.36. The highest BCUT2D eigenvalue weighted by Crippen LogP contribution is 2.16. The first-order chi connectivity index (χ1) is 14.2. The molecule has 4 aliphatic heterocycles. The molecule has 0 aromatic heterocycles. The summed E-state index contributed by atoms with van der Waals surface area (Å²) < 4.78 is 0. The van der Waals surface area contributed by atoms with Crippen molar-refractivity contribution in [3.8, 4) is 0 Å². The van der Waals surface area contributed by atoms with E-state index in [0.717, 1.165) is 9.80 Å². The molecule has 30 heavy (non-hydrogen) atoms. The van der Waals surface area contributed by atoms with Crippen LogP contribution in [-0.4, -0.2) is 123 Å². The first-order valence-corrected chi connectivity index (χ1v) is 9.59. The molecule has 0 radical (unpaired) electrons. The van der Waals surface area contributed by atoms with Gasteiger partial charge in [0.2, 0.25) is 0 Å². The Balaban J connectivity index is 0.000000182. The molecule has 0 aromatic carbocycles. The Labute approximate surface area is 175 Å². The first kappa shape index (κ1) is 23.9. The fraction of sp³-hybridized carbons (Fsp3) is 0.750. The Kier molecular flexibility index (Phi) is 8.05. The van der Waals surface area contributed by atoms with Crippen molar-refractivity contribution >= 4 is 23.9 Å². The zero-order chi connectivity index (χ0) is 22.6. The van der Waals surface area contributed by atoms with E-state index in [1.807, 2.05) is 0 Å². The maximum Gasteiger partial charge on any atom is 0.327 e. The quantitative estimate of drug-likeness (QED) is 0.239. The number of nitrogens with zero attached hydrogens (tertiary/aromatic N) is 4. The van der Waals surface area contributed by atoms with Crippen LogP contribution in [0.4, 0.5) is 9.59 Å². The lowest BCUT2D eigenvalue weighted by molar-refractivity contribution is -0.134. The van der Waals surface area contributed by atoms with Gasteiger partial charge in [-0.1, -0.05) is 0 Å². The summed E-state index contributed by atoms with van der Waals surface area (Å²) in [6, 6.07) is -1.12. The number of imide groups is 2. The van der Waals surface area contributed by atoms with Crippen LogP contribution in [0.1, 0.15) is 0 Å². The van der Waals surface area contributed by atoms with Gasteiger partial charge in [-0.05, 0) is 0 Å². The number of amides is 6. The summed E-state index contributed by atoms with van der Waals surface area (Å²) in [7, 11) is 6.36. The van der Waals surface area contributed by atoms with E-state index in [-0.39, 0.29) is 48.3 Å². The van der Waals surface area contributed by atoms with Gasteiger partial charge in [0.15, 0.2) is 0 Å². The van der Waals surface area contributed by atoms with Crippen molar-refractivity contribution in [1.82, 2.24) is 40.9 Å². The van der Waals surface area contributed by atoms with E-state index in [4.69, 9.17) is 11.5 Å². The summed E-state index contributed by atoms with van der Waals surface area (Å²) in [5.74, 6) is -0.337. The highest BCUT2D eigenvalue weighted by atomic mass is 16.2. The van der Waals surface area contributed by atoms with E-state index in [1.165, 1.54) is 23.9 Å². The maximum atomic E-state index is 11.5. The van der Waals surface area contributed by atoms with Crippen LogP contribution in [0.25, 0.3) is 0 Å². The van der Waals surface area contributed by atoms with Gasteiger partial charge in [-0.3, -0.25) is 40.7 Å². The van der Waals surface area contributed by atoms with Gasteiger partial charge in [-0.25, -0.2) is 9.59 Å². The van der Waals surface area contributed by atoms with Crippen LogP contribution in [0.3, 0.4) is 0 Å². The third-order valence-corrected chi connectivity index (χ3v) is 5.27. The average Bonchev–Trinajstić information content (AvgIpc) is 3.44. The van der Waals surface area contributed by atoms with E-state index < -0.39 is 0 Å². The zero-order valence-electron chi connectivity index (χ0n) is 17.7. The molecule has 14 heteroatoms. The monoisotopic (exact) mass is 428 g/mol. The molecule has 8 N–H and O–H groups in total. The van der Waals surface area contributed by atoms with E-state index in [2.05, 4.69) is 21.3 Å². The van der Waals surface area contributed by atoms with Gasteiger partial charge < -0.3 is 21.3 Å². The molecule has 4 rings (SSSR count). The van der Waals surface area contributed by atoms with E-state index in [0.29, 0.717) is 26.4 Å². The molecule has 0 spiro atoms. The number of hydrogen-bond acceptors (Lipinski definition) is 10. The summed E-state index contributed by atoms with van der Waals surface area (Å²) in [6.07, 6.45) is -0.396. The van der Waals surface area contributed by atoms with Crippen molar-refractivity contribution in [2.45, 2.75) is 24.4 Å². The van der Waals surface area contributed by atoms with Crippen LogP contribution < -0.4 is 32.7 Å². The molecule has 6 amide bonds. The van der Waals surface area contributed by atoms with Gasteiger partial charge in [0, 0.05) is 54.6 Å². The van der Waals surface area contributed by atoms with E-state index >= 15 is 0 Å². The second-order valence-electron chi connectivity index (χ2n) is 7.17. The van der Waals surface area contributed by atoms with Gasteiger partial charge >= 0.3 is 12.1 Å². The molecule has 0 bridgehead atoms. The zero-order valence-corrected chi connectivity index (χ0v) is 17.7. The predicted octanol–water partition coefficient (Wildman–Crippen LogP) is -4.39. The average molecular weight is 428 g/mol. The molecule has 4 atom stereocenters. The number of nitrogens with one attached hydrogen (secondary N) is 4. The highest BCUT2D eigenvalue weighted by Gasteiger charge is 2.46. The molecule has 4 aliphatic rings. The molecular weight excluding hydrogens is 396 g/mol. The summed E-state index contributed by atoms with van der Waals surface area (Å²) in [5, 5.41) is 12.1. The lowest BCUT2D eigenvalue weighted by Crippen LogP contribution is -2.64. The number of likely N-dealkylation sites (N-methyl/N-ethyl adjacent to an activating group) is 4. The fourth-order valence-electron chi connectivity index (χ4n) is 3.49. The lowest BCUT2D eigenvalue weighted by atomic mass is 10.1. The maximum absolute atomic E-state index is 11.5. The molecule has 0 aliphatic carbocycles. The normalized spacial score (nSPS) is 30.5. The Bertz CT molecular complexity index is 620. The molecule has 4 unspecified atom stereocenters. The third kappa shape index (κ3) is 4.53. The molecule has 170 valence electrons. The van der Waals surface area contributed by atoms with Crippen LogP contribution in [0.5, 0.6) is 0 Å². The van der Waals surface area contributed by atoms with E-state index in [1.54, 1.807) is 14.1 Å². The summed E-state index contributed by atoms with van der Waals surface area (Å²) >= 11 is 0. The Morgan fingerprint density at radius 2 is 1.03 bits per heavy atom. The molecule has 14 nitrogen and oxygen atoms in total. The minimum absolute atomic E-state index is 0.168. The smallest absolute Gasteiger partial charge is 0.327 e. The number of carbonyl (C=O) groups excluding carboxylic acids is 4. The summed E-state index contributed by atoms with van der Waals surface area (Å²) in [5.41, 5.74) is 9.81. The van der Waals surface area contributed by atoms with Crippen LogP contribution in [0.15, 0.2) is 0 Å². The second-order valence-corrected chi connectivity index (χ2v) is 7.17. The van der Waals surface area contributed by atoms with Crippen LogP contribution in [0.2, 0.25) is 0 Å². The van der Waals surface area contributed by atoms with Gasteiger partial charge in [0.25, 0.3) is 11.8 Å². The lowest BCUT2D eigenvalue weighted by Gasteiger charge is -2.37. The van der Waals surface area contributed by atoms with Crippen molar-refractivity contribution < 1.29 is 19.2 Å². The van der Waals surface area contributed by atoms with Gasteiger partial charge in [0.1, 0.15) is 24.4 Å². The molecule has 0 saturated carbocycles. The van der Waals surface area contributed by atoms with Crippen molar-refractivity contribution in [1.29, 1.82) is 0 Å². The van der Waals surface area contributed by atoms with Crippen molar-refractivity contribution in [3.63, 3.8) is 0 Å². The largest absolute Gasteiger partial charge is 0.329 e. The van der Waals surface area contributed by atoms with Crippen molar-refractivity contribution in [3.05, 3.63) is 0 Å². The Morgan fingerprint density at radius 3 is 1.33 bits per heavy atom. The number of urea groups is 2. The molecule has 4 saturated heterocycles. The van der Waals surface area contributed by atoms with Crippen molar-refractivity contribution in [2.75, 3.05) is 54.6 Å². The minimum Gasteiger partial charge on any atom is -0.329 e. The number of nitrogens with two attached hydrogens (primary N) is 2. The summed E-state index contributed by atoms with van der Waals surface area (Å²) in [4.78, 5) is 51.3. The fourth-order valence-corrected chi connectivity index (χ4v) is 3.49. The highest BCUT2D eigenvalue weighted by molar-refractivity contribution is 6.00. The van der Waals surface area contributed by atoms with Crippen LogP contribution in [-0.2, 0) is 9.59 Å². The molecular formula is C16H32N10O4. The SMILES string of the molecule is CN1C(=O)C2NCNC2N(C)C1=O.CN1C(=O)C2NCNC2N(C)C1=O.NCCN. The third-order valence-electron chi connectivity index (χ3n) is 5.27. The number of rotatable bonds is 1. The first-order valence-electron chi connectivity index (χ1n) is 9.59. The standard InChI is InChI=1S/2C7H12N4O2.C2H8N2/c2*1-10-5-4(8-3-9-5)6(12)11(2)7(10)13;3-1-2-4/h2*4-5,8-9H,3H2,1-2H3;1-4H2. The molecule has 4 fully saturated rings. The number of carbonyl (C=O) groups is 4. The Morgan fingerprint density at radius 1 is 0.700 bits per heavy atom. The van der Waals surface area contributed by atoms with Crippen LogP contribution >= 0.6 is 0 Å². The number of fused-ring (bicyclic) bond motifs is 2. The molecule has 4 heterocycles. The van der Waals surface area contributed by atoms with Crippen molar-refractivity contribution in [2.24, 2.45) is 11.5 Å². The topological polar surface area (TPSA) is 181 Å². The van der Waals surface area contributed by atoms with Gasteiger partial charge in [0.05, 0.1) is 0 Å². The predicted molar refractivity (Wildman–Crippen MR) is 107 cm³/mol. The second kappa shape index (κ2) is 10.1. The number of hydrogen-bond donors (Lipinski definition) is 6. The van der Waals surface area contributed by atoms with Gasteiger partial charge in [-0.15, -0.1) is 0 Å².